The molecule has 2 nitrogen and oxygen atoms in total. The lowest BCUT2D eigenvalue weighted by molar-refractivity contribution is 0.234. The molecular formula is C14H20ClNO. The monoisotopic (exact) mass is 253 g/mol. The molecule has 1 aliphatic heterocycles. The van der Waals surface area contributed by atoms with Gasteiger partial charge in [-0.1, -0.05) is 23.7 Å². The predicted molar refractivity (Wildman–Crippen MR) is 71.5 cm³/mol. The largest absolute Gasteiger partial charge is 0.396 e. The van der Waals surface area contributed by atoms with Gasteiger partial charge in [0.25, 0.3) is 0 Å². The van der Waals surface area contributed by atoms with Crippen molar-refractivity contribution in [2.45, 2.75) is 25.2 Å². The number of rotatable bonds is 4. The number of benzene rings is 1. The normalized spacial score (nSPS) is 19.2. The molecule has 1 heterocycles. The fourth-order valence-corrected chi connectivity index (χ4v) is 2.90. The molecule has 0 radical (unpaired) electrons. The molecule has 1 aromatic carbocycles. The van der Waals surface area contributed by atoms with Crippen LogP contribution in [0.5, 0.6) is 0 Å². The number of aliphatic hydroxyl groups is 1. The van der Waals surface area contributed by atoms with Crippen LogP contribution in [0.4, 0.5) is 0 Å². The highest BCUT2D eigenvalue weighted by molar-refractivity contribution is 6.30. The van der Waals surface area contributed by atoms with Gasteiger partial charge in [-0.2, -0.15) is 0 Å². The Morgan fingerprint density at radius 2 is 1.88 bits per heavy atom. The average molecular weight is 254 g/mol. The Morgan fingerprint density at radius 3 is 2.47 bits per heavy atom. The SMILES string of the molecule is OCCC(c1ccc(Cl)cc1)C1CCNCC1. The molecule has 1 aliphatic rings. The van der Waals surface area contributed by atoms with Crippen molar-refractivity contribution in [1.29, 1.82) is 0 Å². The molecule has 1 unspecified atom stereocenters. The van der Waals surface area contributed by atoms with Gasteiger partial charge in [0.2, 0.25) is 0 Å². The lowest BCUT2D eigenvalue weighted by atomic mass is 9.79. The minimum absolute atomic E-state index is 0.261. The zero-order valence-corrected chi connectivity index (χ0v) is 10.8. The van der Waals surface area contributed by atoms with Crippen LogP contribution in [0.3, 0.4) is 0 Å². The lowest BCUT2D eigenvalue weighted by Gasteiger charge is -2.30. The van der Waals surface area contributed by atoms with Crippen LogP contribution < -0.4 is 5.32 Å². The number of halogens is 1. The average Bonchev–Trinajstić information content (AvgIpc) is 2.38. The predicted octanol–water partition coefficient (Wildman–Crippen LogP) is 2.81. The maximum Gasteiger partial charge on any atom is 0.0436 e. The molecule has 3 heteroatoms. The minimum Gasteiger partial charge on any atom is -0.396 e. The molecule has 0 spiro atoms. The second-order valence-electron chi connectivity index (χ2n) is 4.76. The van der Waals surface area contributed by atoms with Crippen molar-refractivity contribution in [3.8, 4) is 0 Å². The Balaban J connectivity index is 2.12. The third-order valence-corrected chi connectivity index (χ3v) is 3.94. The third kappa shape index (κ3) is 3.44. The zero-order chi connectivity index (χ0) is 12.1. The lowest BCUT2D eigenvalue weighted by Crippen LogP contribution is -2.31. The third-order valence-electron chi connectivity index (χ3n) is 3.69. The van der Waals surface area contributed by atoms with E-state index in [1.54, 1.807) is 0 Å². The highest BCUT2D eigenvalue weighted by atomic mass is 35.5. The maximum absolute atomic E-state index is 9.24. The van der Waals surface area contributed by atoms with Crippen LogP contribution in [-0.4, -0.2) is 24.8 Å². The fraction of sp³-hybridized carbons (Fsp3) is 0.571. The summed E-state index contributed by atoms with van der Waals surface area (Å²) in [6, 6.07) is 8.10. The Morgan fingerprint density at radius 1 is 1.24 bits per heavy atom. The van der Waals surface area contributed by atoms with Crippen molar-refractivity contribution in [2.75, 3.05) is 19.7 Å². The van der Waals surface area contributed by atoms with E-state index in [9.17, 15) is 5.11 Å². The van der Waals surface area contributed by atoms with Gasteiger partial charge in [0.05, 0.1) is 0 Å². The van der Waals surface area contributed by atoms with Crippen LogP contribution >= 0.6 is 11.6 Å². The van der Waals surface area contributed by atoms with E-state index >= 15 is 0 Å². The minimum atomic E-state index is 0.261. The Bertz CT molecular complexity index is 333. The molecule has 0 bridgehead atoms. The van der Waals surface area contributed by atoms with Crippen molar-refractivity contribution in [3.63, 3.8) is 0 Å². The summed E-state index contributed by atoms with van der Waals surface area (Å²) in [5.41, 5.74) is 1.32. The number of nitrogens with one attached hydrogen (secondary N) is 1. The first-order valence-corrected chi connectivity index (χ1v) is 6.76. The van der Waals surface area contributed by atoms with E-state index in [-0.39, 0.29) is 6.61 Å². The van der Waals surface area contributed by atoms with Crippen molar-refractivity contribution in [1.82, 2.24) is 5.32 Å². The molecule has 1 fully saturated rings. The van der Waals surface area contributed by atoms with E-state index in [4.69, 9.17) is 11.6 Å². The summed E-state index contributed by atoms with van der Waals surface area (Å²) in [4.78, 5) is 0. The molecule has 1 aromatic rings. The van der Waals surface area contributed by atoms with Gasteiger partial charge in [0.1, 0.15) is 0 Å². The molecule has 1 atom stereocenters. The van der Waals surface area contributed by atoms with E-state index < -0.39 is 0 Å². The molecule has 2 N–H and O–H groups in total. The smallest absolute Gasteiger partial charge is 0.0436 e. The first kappa shape index (κ1) is 12.9. The van der Waals surface area contributed by atoms with Crippen molar-refractivity contribution in [3.05, 3.63) is 34.9 Å². The standard InChI is InChI=1S/C14H20ClNO/c15-13-3-1-11(2-4-13)14(7-10-17)12-5-8-16-9-6-12/h1-4,12,14,16-17H,5-10H2. The highest BCUT2D eigenvalue weighted by Gasteiger charge is 2.24. The molecule has 0 amide bonds. The Kier molecular flexibility index (Phi) is 4.84. The van der Waals surface area contributed by atoms with Crippen molar-refractivity contribution < 1.29 is 5.11 Å². The van der Waals surface area contributed by atoms with Crippen LogP contribution in [0.2, 0.25) is 5.02 Å². The zero-order valence-electron chi connectivity index (χ0n) is 10.0. The van der Waals surface area contributed by atoms with E-state index in [1.165, 1.54) is 18.4 Å². The van der Waals surface area contributed by atoms with Crippen LogP contribution in [0.15, 0.2) is 24.3 Å². The number of hydrogen-bond acceptors (Lipinski definition) is 2. The van der Waals surface area contributed by atoms with Gasteiger partial charge in [-0.05, 0) is 61.9 Å². The maximum atomic E-state index is 9.24. The number of hydrogen-bond donors (Lipinski definition) is 2. The van der Waals surface area contributed by atoms with Crippen molar-refractivity contribution >= 4 is 11.6 Å². The topological polar surface area (TPSA) is 32.3 Å². The van der Waals surface area contributed by atoms with E-state index in [0.29, 0.717) is 11.8 Å². The second kappa shape index (κ2) is 6.39. The summed E-state index contributed by atoms with van der Waals surface area (Å²) < 4.78 is 0. The molecule has 17 heavy (non-hydrogen) atoms. The summed E-state index contributed by atoms with van der Waals surface area (Å²) in [7, 11) is 0. The first-order valence-electron chi connectivity index (χ1n) is 6.38. The van der Waals surface area contributed by atoms with Crippen LogP contribution in [0, 0.1) is 5.92 Å². The summed E-state index contributed by atoms with van der Waals surface area (Å²) in [5.74, 6) is 1.16. The molecule has 94 valence electrons. The van der Waals surface area contributed by atoms with Crippen LogP contribution in [-0.2, 0) is 0 Å². The number of aliphatic hydroxyl groups excluding tert-OH is 1. The summed E-state index contributed by atoms with van der Waals surface area (Å²) in [6.07, 6.45) is 3.26. The van der Waals surface area contributed by atoms with E-state index in [2.05, 4.69) is 17.4 Å². The Hall–Kier alpha value is -0.570. The fourth-order valence-electron chi connectivity index (χ4n) is 2.77. The van der Waals surface area contributed by atoms with E-state index in [0.717, 1.165) is 24.5 Å². The van der Waals surface area contributed by atoms with E-state index in [1.807, 2.05) is 12.1 Å². The Labute approximate surface area is 108 Å². The van der Waals surface area contributed by atoms with Gasteiger partial charge in [-0.25, -0.2) is 0 Å². The van der Waals surface area contributed by atoms with Crippen LogP contribution in [0.1, 0.15) is 30.7 Å². The van der Waals surface area contributed by atoms with Gasteiger partial charge < -0.3 is 10.4 Å². The first-order chi connectivity index (χ1) is 8.31. The van der Waals surface area contributed by atoms with Crippen molar-refractivity contribution in [2.24, 2.45) is 5.92 Å². The number of piperidine rings is 1. The molecule has 0 aromatic heterocycles. The summed E-state index contributed by atoms with van der Waals surface area (Å²) in [5, 5.41) is 13.4. The van der Waals surface area contributed by atoms with Gasteiger partial charge in [0, 0.05) is 11.6 Å². The van der Waals surface area contributed by atoms with Gasteiger partial charge in [-0.3, -0.25) is 0 Å². The van der Waals surface area contributed by atoms with Crippen LogP contribution in [0.25, 0.3) is 0 Å². The van der Waals surface area contributed by atoms with Gasteiger partial charge in [-0.15, -0.1) is 0 Å². The van der Waals surface area contributed by atoms with Gasteiger partial charge >= 0.3 is 0 Å². The summed E-state index contributed by atoms with van der Waals surface area (Å²) >= 11 is 5.92. The molecule has 0 saturated carbocycles. The van der Waals surface area contributed by atoms with Gasteiger partial charge in [0.15, 0.2) is 0 Å². The molecule has 1 saturated heterocycles. The molecule has 2 rings (SSSR count). The highest BCUT2D eigenvalue weighted by Crippen LogP contribution is 2.34. The molecule has 0 aliphatic carbocycles. The summed E-state index contributed by atoms with van der Waals surface area (Å²) in [6.45, 7) is 2.46. The second-order valence-corrected chi connectivity index (χ2v) is 5.19. The molecular weight excluding hydrogens is 234 g/mol. The quantitative estimate of drug-likeness (QED) is 0.865.